The molecule has 0 saturated carbocycles. The Kier molecular flexibility index (Phi) is 5.59. The van der Waals surface area contributed by atoms with Crippen molar-refractivity contribution in [2.24, 2.45) is 0 Å². The predicted molar refractivity (Wildman–Crippen MR) is 121 cm³/mol. The standard InChI is InChI=1S/C24H28N6O/c1-16(2)22-11-20(21-13-26-30(17(3)4)23(21)27-22)24(31)28(5)14-18-12-25-29(15-18)19-9-7-6-8-10-19/h6-13,15-17H,14H2,1-5H3. The van der Waals surface area contributed by atoms with E-state index in [1.165, 1.54) is 0 Å². The first-order valence-electron chi connectivity index (χ1n) is 10.6. The number of benzene rings is 1. The summed E-state index contributed by atoms with van der Waals surface area (Å²) in [6.07, 6.45) is 5.51. The molecule has 4 rings (SSSR count). The lowest BCUT2D eigenvalue weighted by molar-refractivity contribution is 0.0787. The van der Waals surface area contributed by atoms with Crippen LogP contribution >= 0.6 is 0 Å². The number of hydrogen-bond donors (Lipinski definition) is 0. The first-order chi connectivity index (χ1) is 14.8. The minimum atomic E-state index is -0.0509. The fraction of sp³-hybridized carbons (Fsp3) is 0.333. The second-order valence-corrected chi connectivity index (χ2v) is 8.46. The van der Waals surface area contributed by atoms with Gasteiger partial charge in [0.1, 0.15) is 0 Å². The summed E-state index contributed by atoms with van der Waals surface area (Å²) in [4.78, 5) is 19.9. The van der Waals surface area contributed by atoms with Crippen LogP contribution in [0.2, 0.25) is 0 Å². The van der Waals surface area contributed by atoms with Gasteiger partial charge in [-0.25, -0.2) is 14.3 Å². The molecule has 3 heterocycles. The van der Waals surface area contributed by atoms with Crippen LogP contribution in [0.25, 0.3) is 16.7 Å². The van der Waals surface area contributed by atoms with E-state index in [9.17, 15) is 4.79 Å². The van der Waals surface area contributed by atoms with Gasteiger partial charge in [0.2, 0.25) is 0 Å². The lowest BCUT2D eigenvalue weighted by atomic mass is 10.0. The number of carbonyl (C=O) groups is 1. The number of rotatable bonds is 6. The third-order valence-electron chi connectivity index (χ3n) is 5.32. The maximum absolute atomic E-state index is 13.4. The van der Waals surface area contributed by atoms with Gasteiger partial charge in [-0.1, -0.05) is 32.0 Å². The van der Waals surface area contributed by atoms with Crippen molar-refractivity contribution in [1.82, 2.24) is 29.4 Å². The zero-order valence-corrected chi connectivity index (χ0v) is 18.6. The summed E-state index contributed by atoms with van der Waals surface area (Å²) in [5.41, 5.74) is 4.24. The quantitative estimate of drug-likeness (QED) is 0.461. The molecule has 0 fully saturated rings. The molecule has 0 bridgehead atoms. The third kappa shape index (κ3) is 4.08. The van der Waals surface area contributed by atoms with E-state index in [4.69, 9.17) is 4.98 Å². The van der Waals surface area contributed by atoms with Gasteiger partial charge in [-0.3, -0.25) is 4.79 Å². The lowest BCUT2D eigenvalue weighted by Gasteiger charge is -2.18. The molecule has 4 aromatic rings. The molecule has 0 atom stereocenters. The Balaban J connectivity index is 1.64. The van der Waals surface area contributed by atoms with Gasteiger partial charge >= 0.3 is 0 Å². The van der Waals surface area contributed by atoms with Crippen LogP contribution in [-0.4, -0.2) is 42.4 Å². The summed E-state index contributed by atoms with van der Waals surface area (Å²) in [5, 5.41) is 9.71. The van der Waals surface area contributed by atoms with E-state index in [0.717, 1.165) is 28.0 Å². The predicted octanol–water partition coefficient (Wildman–Crippen LogP) is 4.59. The van der Waals surface area contributed by atoms with Crippen molar-refractivity contribution >= 4 is 16.9 Å². The number of fused-ring (bicyclic) bond motifs is 1. The van der Waals surface area contributed by atoms with E-state index in [-0.39, 0.29) is 17.9 Å². The summed E-state index contributed by atoms with van der Waals surface area (Å²) in [6, 6.07) is 12.0. The van der Waals surface area contributed by atoms with Gasteiger partial charge in [-0.2, -0.15) is 10.2 Å². The number of nitrogens with zero attached hydrogens (tertiary/aromatic N) is 6. The van der Waals surface area contributed by atoms with Crippen LogP contribution in [0, 0.1) is 0 Å². The molecule has 0 aliphatic carbocycles. The topological polar surface area (TPSA) is 68.8 Å². The van der Waals surface area contributed by atoms with Gasteiger partial charge in [-0.05, 0) is 38.0 Å². The minimum Gasteiger partial charge on any atom is -0.337 e. The molecule has 160 valence electrons. The Labute approximate surface area is 182 Å². The molecule has 7 heteroatoms. The third-order valence-corrected chi connectivity index (χ3v) is 5.32. The van der Waals surface area contributed by atoms with Crippen LogP contribution in [0.4, 0.5) is 0 Å². The fourth-order valence-electron chi connectivity index (χ4n) is 3.60. The van der Waals surface area contributed by atoms with Crippen molar-refractivity contribution in [3.8, 4) is 5.69 Å². The normalized spacial score (nSPS) is 11.6. The SMILES string of the molecule is CC(C)c1cc(C(=O)N(C)Cc2cnn(-c3ccccc3)c2)c2cnn(C(C)C)c2n1. The fourth-order valence-corrected chi connectivity index (χ4v) is 3.60. The highest BCUT2D eigenvalue weighted by atomic mass is 16.2. The average molecular weight is 417 g/mol. The monoisotopic (exact) mass is 416 g/mol. The Morgan fingerprint density at radius 3 is 2.48 bits per heavy atom. The molecule has 0 radical (unpaired) electrons. The second-order valence-electron chi connectivity index (χ2n) is 8.46. The Hall–Kier alpha value is -3.48. The van der Waals surface area contributed by atoms with Crippen molar-refractivity contribution < 1.29 is 4.79 Å². The molecule has 0 aliphatic rings. The van der Waals surface area contributed by atoms with Gasteiger partial charge in [-0.15, -0.1) is 0 Å². The minimum absolute atomic E-state index is 0.0509. The molecule has 0 saturated heterocycles. The molecule has 0 N–H and O–H groups in total. The second kappa shape index (κ2) is 8.34. The first kappa shape index (κ1) is 20.8. The van der Waals surface area contributed by atoms with E-state index in [0.29, 0.717) is 12.1 Å². The highest BCUT2D eigenvalue weighted by molar-refractivity contribution is 6.05. The van der Waals surface area contributed by atoms with Crippen LogP contribution in [0.5, 0.6) is 0 Å². The molecular weight excluding hydrogens is 388 g/mol. The molecule has 1 amide bonds. The Bertz CT molecular complexity index is 1210. The van der Waals surface area contributed by atoms with Gasteiger partial charge in [0, 0.05) is 37.1 Å². The number of aromatic nitrogens is 5. The van der Waals surface area contributed by atoms with Crippen molar-refractivity contribution in [2.75, 3.05) is 7.05 Å². The van der Waals surface area contributed by atoms with Crippen molar-refractivity contribution in [3.05, 3.63) is 71.8 Å². The lowest BCUT2D eigenvalue weighted by Crippen LogP contribution is -2.26. The van der Waals surface area contributed by atoms with Crippen LogP contribution in [0.1, 0.15) is 61.3 Å². The Morgan fingerprint density at radius 2 is 1.81 bits per heavy atom. The van der Waals surface area contributed by atoms with E-state index in [2.05, 4.69) is 37.9 Å². The number of amides is 1. The van der Waals surface area contributed by atoms with Crippen LogP contribution in [0.15, 0.2) is 55.0 Å². The number of pyridine rings is 1. The average Bonchev–Trinajstić information content (AvgIpc) is 3.40. The van der Waals surface area contributed by atoms with Crippen molar-refractivity contribution in [3.63, 3.8) is 0 Å². The zero-order chi connectivity index (χ0) is 22.1. The van der Waals surface area contributed by atoms with E-state index in [1.807, 2.05) is 59.0 Å². The summed E-state index contributed by atoms with van der Waals surface area (Å²) >= 11 is 0. The summed E-state index contributed by atoms with van der Waals surface area (Å²) < 4.78 is 3.70. The Morgan fingerprint density at radius 1 is 1.06 bits per heavy atom. The molecular formula is C24H28N6O. The van der Waals surface area contributed by atoms with Crippen LogP contribution in [0.3, 0.4) is 0 Å². The van der Waals surface area contributed by atoms with E-state index < -0.39 is 0 Å². The first-order valence-corrected chi connectivity index (χ1v) is 10.6. The number of hydrogen-bond acceptors (Lipinski definition) is 4. The highest BCUT2D eigenvalue weighted by Crippen LogP contribution is 2.25. The van der Waals surface area contributed by atoms with Crippen LogP contribution < -0.4 is 0 Å². The number of para-hydroxylation sites is 1. The number of carbonyl (C=O) groups excluding carboxylic acids is 1. The molecule has 0 aliphatic heterocycles. The molecule has 31 heavy (non-hydrogen) atoms. The van der Waals surface area contributed by atoms with Crippen molar-refractivity contribution in [1.29, 1.82) is 0 Å². The van der Waals surface area contributed by atoms with Gasteiger partial charge < -0.3 is 4.90 Å². The maximum Gasteiger partial charge on any atom is 0.254 e. The van der Waals surface area contributed by atoms with Gasteiger partial charge in [0.25, 0.3) is 5.91 Å². The molecule has 1 aromatic carbocycles. The molecule has 0 spiro atoms. The highest BCUT2D eigenvalue weighted by Gasteiger charge is 2.21. The maximum atomic E-state index is 13.4. The van der Waals surface area contributed by atoms with Gasteiger partial charge in [0.05, 0.1) is 29.0 Å². The molecule has 7 nitrogen and oxygen atoms in total. The zero-order valence-electron chi connectivity index (χ0n) is 18.6. The summed E-state index contributed by atoms with van der Waals surface area (Å²) in [7, 11) is 1.82. The van der Waals surface area contributed by atoms with Crippen LogP contribution in [-0.2, 0) is 6.54 Å². The van der Waals surface area contributed by atoms with Crippen molar-refractivity contribution in [2.45, 2.75) is 46.2 Å². The summed E-state index contributed by atoms with van der Waals surface area (Å²) in [6.45, 7) is 8.76. The summed E-state index contributed by atoms with van der Waals surface area (Å²) in [5.74, 6) is 0.158. The van der Waals surface area contributed by atoms with Gasteiger partial charge in [0.15, 0.2) is 5.65 Å². The molecule has 3 aromatic heterocycles. The smallest absolute Gasteiger partial charge is 0.254 e. The molecule has 0 unspecified atom stereocenters. The van der Waals surface area contributed by atoms with E-state index >= 15 is 0 Å². The largest absolute Gasteiger partial charge is 0.337 e. The van der Waals surface area contributed by atoms with E-state index in [1.54, 1.807) is 17.3 Å².